The van der Waals surface area contributed by atoms with Crippen LogP contribution in [0.25, 0.3) is 6.08 Å². The van der Waals surface area contributed by atoms with Crippen molar-refractivity contribution in [2.24, 2.45) is 0 Å². The van der Waals surface area contributed by atoms with Crippen LogP contribution in [0.5, 0.6) is 5.75 Å². The van der Waals surface area contributed by atoms with E-state index in [9.17, 15) is 18.0 Å². The topological polar surface area (TPSA) is 38.3 Å². The Morgan fingerprint density at radius 1 is 1.40 bits per heavy atom. The number of alkyl halides is 3. The molecule has 1 aliphatic heterocycles. The van der Waals surface area contributed by atoms with E-state index in [1.165, 1.54) is 25.3 Å². The first-order valence-corrected chi connectivity index (χ1v) is 6.54. The number of rotatable bonds is 2. The van der Waals surface area contributed by atoms with Gasteiger partial charge in [0.25, 0.3) is 5.91 Å². The summed E-state index contributed by atoms with van der Waals surface area (Å²) in [4.78, 5) is 11.7. The van der Waals surface area contributed by atoms with E-state index in [0.29, 0.717) is 0 Å². The number of nitrogens with one attached hydrogen (secondary N) is 1. The highest BCUT2D eigenvalue weighted by Crippen LogP contribution is 2.37. The summed E-state index contributed by atoms with van der Waals surface area (Å²) in [6, 6.07) is 3.59. The molecule has 3 nitrogen and oxygen atoms in total. The summed E-state index contributed by atoms with van der Waals surface area (Å²) in [7, 11) is 1.17. The second kappa shape index (κ2) is 5.45. The molecule has 1 heterocycles. The SMILES string of the molecule is COc1ccc(/C=C2\SC(=S)NC2=O)cc1C(F)(F)F. The average molecular weight is 319 g/mol. The lowest BCUT2D eigenvalue weighted by atomic mass is 10.1. The standard InChI is InChI=1S/C12H8F3NO2S2/c1-18-8-3-2-6(4-7(8)12(13,14)15)5-9-10(17)16-11(19)20-9/h2-5H,1H3,(H,16,17,19)/b9-5-. The van der Waals surface area contributed by atoms with Crippen molar-refractivity contribution in [2.75, 3.05) is 7.11 Å². The molecule has 2 rings (SSSR count). The second-order valence-corrected chi connectivity index (χ2v) is 5.53. The molecule has 106 valence electrons. The van der Waals surface area contributed by atoms with Crippen molar-refractivity contribution < 1.29 is 22.7 Å². The highest BCUT2D eigenvalue weighted by Gasteiger charge is 2.34. The third-order valence-corrected chi connectivity index (χ3v) is 3.63. The maximum Gasteiger partial charge on any atom is 0.419 e. The molecule has 1 aliphatic rings. The predicted octanol–water partition coefficient (Wildman–Crippen LogP) is 3.20. The minimum absolute atomic E-state index is 0.250. The number of amides is 1. The molecule has 0 spiro atoms. The first-order valence-electron chi connectivity index (χ1n) is 5.31. The highest BCUT2D eigenvalue weighted by atomic mass is 32.2. The van der Waals surface area contributed by atoms with Crippen LogP contribution in [0, 0.1) is 0 Å². The molecule has 1 aromatic carbocycles. The van der Waals surface area contributed by atoms with E-state index in [2.05, 4.69) is 10.1 Å². The van der Waals surface area contributed by atoms with Crippen LogP contribution >= 0.6 is 24.0 Å². The first kappa shape index (κ1) is 14.9. The summed E-state index contributed by atoms with van der Waals surface area (Å²) in [5.74, 6) is -0.678. The van der Waals surface area contributed by atoms with Crippen LogP contribution in [0.4, 0.5) is 13.2 Å². The van der Waals surface area contributed by atoms with Gasteiger partial charge in [-0.3, -0.25) is 4.79 Å². The Morgan fingerprint density at radius 2 is 2.10 bits per heavy atom. The zero-order chi connectivity index (χ0) is 14.9. The van der Waals surface area contributed by atoms with Crippen LogP contribution < -0.4 is 10.1 Å². The van der Waals surface area contributed by atoms with E-state index in [1.807, 2.05) is 0 Å². The number of thiocarbonyl (C=S) groups is 1. The largest absolute Gasteiger partial charge is 0.496 e. The highest BCUT2D eigenvalue weighted by molar-refractivity contribution is 8.26. The molecular weight excluding hydrogens is 311 g/mol. The van der Waals surface area contributed by atoms with Crippen molar-refractivity contribution in [1.82, 2.24) is 5.32 Å². The maximum atomic E-state index is 12.9. The van der Waals surface area contributed by atoms with Crippen LogP contribution in [0.15, 0.2) is 23.1 Å². The van der Waals surface area contributed by atoms with Crippen molar-refractivity contribution in [3.8, 4) is 5.75 Å². The van der Waals surface area contributed by atoms with Gasteiger partial charge in [-0.05, 0) is 23.8 Å². The fourth-order valence-electron chi connectivity index (χ4n) is 1.61. The van der Waals surface area contributed by atoms with E-state index in [1.54, 1.807) is 0 Å². The summed E-state index contributed by atoms with van der Waals surface area (Å²) in [5, 5.41) is 2.39. The monoisotopic (exact) mass is 319 g/mol. The Labute approximate surface area is 122 Å². The van der Waals surface area contributed by atoms with Crippen LogP contribution in [-0.4, -0.2) is 17.3 Å². The molecule has 0 saturated carbocycles. The number of methoxy groups -OCH3 is 1. The third kappa shape index (κ3) is 3.13. The lowest BCUT2D eigenvalue weighted by molar-refractivity contribution is -0.138. The number of carbonyl (C=O) groups excluding carboxylic acids is 1. The number of carbonyl (C=O) groups is 1. The van der Waals surface area contributed by atoms with Gasteiger partial charge in [0.05, 0.1) is 17.6 Å². The Bertz CT molecular complexity index is 611. The number of hydrogen-bond donors (Lipinski definition) is 1. The second-order valence-electron chi connectivity index (χ2n) is 3.81. The van der Waals surface area contributed by atoms with Crippen molar-refractivity contribution in [3.05, 3.63) is 34.2 Å². The molecule has 1 fully saturated rings. The third-order valence-electron chi connectivity index (χ3n) is 2.47. The van der Waals surface area contributed by atoms with Gasteiger partial charge in [-0.2, -0.15) is 13.2 Å². The van der Waals surface area contributed by atoms with Crippen LogP contribution in [0.3, 0.4) is 0 Å². The van der Waals surface area contributed by atoms with E-state index < -0.39 is 17.6 Å². The number of ether oxygens (including phenoxy) is 1. The van der Waals surface area contributed by atoms with E-state index >= 15 is 0 Å². The zero-order valence-corrected chi connectivity index (χ0v) is 11.7. The molecule has 0 bridgehead atoms. The van der Waals surface area contributed by atoms with Gasteiger partial charge in [0.15, 0.2) is 0 Å². The van der Waals surface area contributed by atoms with Gasteiger partial charge in [-0.25, -0.2) is 0 Å². The first-order chi connectivity index (χ1) is 9.31. The number of halogens is 3. The smallest absolute Gasteiger partial charge is 0.419 e. The molecule has 20 heavy (non-hydrogen) atoms. The fraction of sp³-hybridized carbons (Fsp3) is 0.167. The maximum absolute atomic E-state index is 12.9. The number of thioether (sulfide) groups is 1. The summed E-state index contributed by atoms with van der Waals surface area (Å²) >= 11 is 5.82. The van der Waals surface area contributed by atoms with Crippen molar-refractivity contribution in [2.45, 2.75) is 6.18 Å². The number of benzene rings is 1. The molecule has 1 saturated heterocycles. The minimum Gasteiger partial charge on any atom is -0.496 e. The molecule has 0 unspecified atom stereocenters. The minimum atomic E-state index is -4.53. The molecule has 8 heteroatoms. The van der Waals surface area contributed by atoms with Gasteiger partial charge in [-0.1, -0.05) is 30.0 Å². The Balaban J connectivity index is 2.42. The van der Waals surface area contributed by atoms with Gasteiger partial charge in [-0.15, -0.1) is 0 Å². The van der Waals surface area contributed by atoms with Gasteiger partial charge >= 0.3 is 6.18 Å². The lowest BCUT2D eigenvalue weighted by Gasteiger charge is -2.12. The summed E-state index contributed by atoms with van der Waals surface area (Å²) < 4.78 is 43.6. The Morgan fingerprint density at radius 3 is 2.60 bits per heavy atom. The van der Waals surface area contributed by atoms with Gasteiger partial charge < -0.3 is 10.1 Å². The normalized spacial score (nSPS) is 17.5. The molecule has 0 radical (unpaired) electrons. The van der Waals surface area contributed by atoms with Crippen molar-refractivity contribution in [3.63, 3.8) is 0 Å². The van der Waals surface area contributed by atoms with Gasteiger partial charge in [0.2, 0.25) is 0 Å². The molecule has 1 aromatic rings. The predicted molar refractivity (Wildman–Crippen MR) is 74.3 cm³/mol. The van der Waals surface area contributed by atoms with Crippen LogP contribution in [-0.2, 0) is 11.0 Å². The average Bonchev–Trinajstić information content (AvgIpc) is 2.66. The summed E-state index contributed by atoms with van der Waals surface area (Å²) in [5.41, 5.74) is -0.638. The zero-order valence-electron chi connectivity index (χ0n) is 10.1. The molecule has 1 N–H and O–H groups in total. The van der Waals surface area contributed by atoms with Crippen LogP contribution in [0.1, 0.15) is 11.1 Å². The Kier molecular flexibility index (Phi) is 4.05. The quantitative estimate of drug-likeness (QED) is 0.671. The molecule has 0 aliphatic carbocycles. The van der Waals surface area contributed by atoms with Crippen molar-refractivity contribution in [1.29, 1.82) is 0 Å². The number of hydrogen-bond acceptors (Lipinski definition) is 4. The van der Waals surface area contributed by atoms with Crippen LogP contribution in [0.2, 0.25) is 0 Å². The van der Waals surface area contributed by atoms with E-state index in [0.717, 1.165) is 17.8 Å². The summed E-state index contributed by atoms with van der Waals surface area (Å²) in [6.45, 7) is 0. The molecule has 0 atom stereocenters. The van der Waals surface area contributed by atoms with Gasteiger partial charge in [0, 0.05) is 0 Å². The molecule has 0 aromatic heterocycles. The van der Waals surface area contributed by atoms with E-state index in [-0.39, 0.29) is 20.5 Å². The molecule has 1 amide bonds. The lowest BCUT2D eigenvalue weighted by Crippen LogP contribution is -2.17. The summed E-state index contributed by atoms with van der Waals surface area (Å²) in [6.07, 6.45) is -3.17. The molecular formula is C12H8F3NO2S2. The van der Waals surface area contributed by atoms with Gasteiger partial charge in [0.1, 0.15) is 10.1 Å². The fourth-order valence-corrected chi connectivity index (χ4v) is 2.65. The van der Waals surface area contributed by atoms with Crippen molar-refractivity contribution >= 4 is 40.3 Å². The van der Waals surface area contributed by atoms with E-state index in [4.69, 9.17) is 12.2 Å². The Hall–Kier alpha value is -1.54.